The minimum absolute atomic E-state index is 0.0570. The molecule has 0 spiro atoms. The van der Waals surface area contributed by atoms with Crippen LogP contribution < -0.4 is 15.3 Å². The Balaban J connectivity index is 2.48. The molecule has 6 heteroatoms. The van der Waals surface area contributed by atoms with Crippen molar-refractivity contribution in [1.82, 2.24) is 0 Å². The number of aryl methyl sites for hydroxylation is 3. The van der Waals surface area contributed by atoms with Gasteiger partial charge in [0, 0.05) is 12.4 Å². The molecule has 2 nitrogen and oxygen atoms in total. The molecule has 0 aliphatic heterocycles. The number of rotatable bonds is 5. The molecular weight excluding hydrogens is 336 g/mol. The second kappa shape index (κ2) is 7.54. The molecule has 0 aromatic heterocycles. The van der Waals surface area contributed by atoms with E-state index in [1.165, 1.54) is 13.2 Å². The average molecular weight is 356 g/mol. The number of methoxy groups -OCH3 is 1. The first-order chi connectivity index (χ1) is 11.2. The van der Waals surface area contributed by atoms with Crippen molar-refractivity contribution in [3.05, 3.63) is 52.6 Å². The summed E-state index contributed by atoms with van der Waals surface area (Å²) in [6, 6.07) is 8.26. The number of hydrogen-bond donors (Lipinski definition) is 0. The zero-order valence-corrected chi connectivity index (χ0v) is 15.0. The second-order valence-corrected chi connectivity index (χ2v) is 7.01. The number of benzene rings is 2. The van der Waals surface area contributed by atoms with Crippen LogP contribution in [-0.2, 0) is 10.9 Å². The van der Waals surface area contributed by atoms with Gasteiger partial charge in [-0.2, -0.15) is 13.2 Å². The van der Waals surface area contributed by atoms with Crippen LogP contribution in [-0.4, -0.2) is 13.9 Å². The van der Waals surface area contributed by atoms with Crippen LogP contribution in [0.3, 0.4) is 0 Å². The summed E-state index contributed by atoms with van der Waals surface area (Å²) in [4.78, 5) is 0. The minimum atomic E-state index is -4.37. The van der Waals surface area contributed by atoms with Gasteiger partial charge < -0.3 is 9.47 Å². The van der Waals surface area contributed by atoms with E-state index in [1.807, 2.05) is 26.0 Å². The fourth-order valence-corrected chi connectivity index (χ4v) is 3.99. The monoisotopic (exact) mass is 356 g/mol. The van der Waals surface area contributed by atoms with Crippen LogP contribution in [0.4, 0.5) is 13.2 Å². The van der Waals surface area contributed by atoms with Gasteiger partial charge in [0.2, 0.25) is 0 Å². The Kier molecular flexibility index (Phi) is 5.89. The Morgan fingerprint density at radius 1 is 0.958 bits per heavy atom. The third kappa shape index (κ3) is 4.49. The Morgan fingerprint density at radius 3 is 2.29 bits per heavy atom. The van der Waals surface area contributed by atoms with Crippen molar-refractivity contribution in [3.8, 4) is 5.75 Å². The van der Waals surface area contributed by atoms with Gasteiger partial charge in [-0.1, -0.05) is 32.3 Å². The molecule has 1 atom stereocenters. The minimum Gasteiger partial charge on any atom is -0.467 e. The second-order valence-electron chi connectivity index (χ2n) is 5.68. The molecule has 0 N–H and O–H groups in total. The maximum atomic E-state index is 13.3. The first-order valence-corrected chi connectivity index (χ1v) is 8.40. The standard InChI is InChI=1S/C18H20F3O2P/c1-11-5-6-15(14(8-11)18(19,20)21)24-16-9-12(2)7-13(3)17(16)23-10-22-4/h5-9,24H,10H2,1-4H3. The quantitative estimate of drug-likeness (QED) is 0.589. The fourth-order valence-electron chi connectivity index (χ4n) is 2.50. The van der Waals surface area contributed by atoms with Crippen LogP contribution in [0.5, 0.6) is 5.75 Å². The van der Waals surface area contributed by atoms with Crippen molar-refractivity contribution < 1.29 is 22.6 Å². The average Bonchev–Trinajstić information content (AvgIpc) is 2.47. The highest BCUT2D eigenvalue weighted by Gasteiger charge is 2.33. The summed E-state index contributed by atoms with van der Waals surface area (Å²) >= 11 is 0. The summed E-state index contributed by atoms with van der Waals surface area (Å²) in [5.41, 5.74) is 1.88. The summed E-state index contributed by atoms with van der Waals surface area (Å²) < 4.78 is 50.6. The van der Waals surface area contributed by atoms with E-state index >= 15 is 0 Å². The van der Waals surface area contributed by atoms with Crippen LogP contribution in [0.25, 0.3) is 0 Å². The molecule has 0 aliphatic rings. The van der Waals surface area contributed by atoms with Gasteiger partial charge in [0.05, 0.1) is 5.56 Å². The predicted molar refractivity (Wildman–Crippen MR) is 92.2 cm³/mol. The van der Waals surface area contributed by atoms with Gasteiger partial charge in [-0.25, -0.2) is 0 Å². The van der Waals surface area contributed by atoms with Gasteiger partial charge in [0.1, 0.15) is 5.75 Å². The molecule has 2 aromatic carbocycles. The van der Waals surface area contributed by atoms with Crippen LogP contribution in [0.2, 0.25) is 0 Å². The fraction of sp³-hybridized carbons (Fsp3) is 0.333. The lowest BCUT2D eigenvalue weighted by molar-refractivity contribution is -0.136. The molecule has 24 heavy (non-hydrogen) atoms. The molecule has 0 aliphatic carbocycles. The normalized spacial score (nSPS) is 12.1. The Labute approximate surface area is 141 Å². The van der Waals surface area contributed by atoms with Gasteiger partial charge in [-0.3, -0.25) is 0 Å². The van der Waals surface area contributed by atoms with E-state index < -0.39 is 11.7 Å². The van der Waals surface area contributed by atoms with Crippen molar-refractivity contribution in [1.29, 1.82) is 0 Å². The third-order valence-electron chi connectivity index (χ3n) is 3.49. The lowest BCUT2D eigenvalue weighted by atomic mass is 10.1. The molecule has 0 saturated carbocycles. The van der Waals surface area contributed by atoms with E-state index in [-0.39, 0.29) is 20.7 Å². The zero-order chi connectivity index (χ0) is 17.9. The highest BCUT2D eigenvalue weighted by Crippen LogP contribution is 2.33. The Morgan fingerprint density at radius 2 is 1.67 bits per heavy atom. The van der Waals surface area contributed by atoms with E-state index in [0.29, 0.717) is 11.3 Å². The summed E-state index contributed by atoms with van der Waals surface area (Å²) in [5.74, 6) is 0.592. The maximum absolute atomic E-state index is 13.3. The van der Waals surface area contributed by atoms with Crippen molar-refractivity contribution in [3.63, 3.8) is 0 Å². The maximum Gasteiger partial charge on any atom is 0.417 e. The molecule has 2 rings (SSSR count). The molecule has 2 aromatic rings. The van der Waals surface area contributed by atoms with Crippen LogP contribution in [0.1, 0.15) is 22.3 Å². The van der Waals surface area contributed by atoms with Crippen LogP contribution in [0, 0.1) is 20.8 Å². The van der Waals surface area contributed by atoms with Gasteiger partial charge >= 0.3 is 6.18 Å². The zero-order valence-electron chi connectivity index (χ0n) is 14.0. The topological polar surface area (TPSA) is 18.5 Å². The summed E-state index contributed by atoms with van der Waals surface area (Å²) in [7, 11) is 1.35. The van der Waals surface area contributed by atoms with E-state index in [2.05, 4.69) is 0 Å². The number of hydrogen-bond acceptors (Lipinski definition) is 2. The van der Waals surface area contributed by atoms with Crippen LogP contribution >= 0.6 is 8.58 Å². The first-order valence-electron chi connectivity index (χ1n) is 7.40. The summed E-state index contributed by atoms with van der Waals surface area (Å²) in [5, 5.41) is 1.01. The van der Waals surface area contributed by atoms with Gasteiger partial charge in [0.25, 0.3) is 0 Å². The van der Waals surface area contributed by atoms with Crippen molar-refractivity contribution >= 4 is 19.2 Å². The molecule has 0 saturated heterocycles. The lowest BCUT2D eigenvalue weighted by Crippen LogP contribution is -2.19. The van der Waals surface area contributed by atoms with Crippen molar-refractivity contribution in [2.45, 2.75) is 26.9 Å². The number of ether oxygens (including phenoxy) is 2. The molecule has 0 heterocycles. The summed E-state index contributed by atoms with van der Waals surface area (Å²) in [6.07, 6.45) is -4.37. The molecule has 0 radical (unpaired) electrons. The highest BCUT2D eigenvalue weighted by molar-refractivity contribution is 7.55. The predicted octanol–water partition coefficient (Wildman–Crippen LogP) is 4.24. The number of halogens is 3. The summed E-state index contributed by atoms with van der Waals surface area (Å²) in [6.45, 7) is 5.51. The molecular formula is C18H20F3O2P. The molecule has 1 unspecified atom stereocenters. The van der Waals surface area contributed by atoms with E-state index in [9.17, 15) is 13.2 Å². The smallest absolute Gasteiger partial charge is 0.417 e. The first kappa shape index (κ1) is 18.8. The Hall–Kier alpha value is -1.58. The molecule has 0 amide bonds. The largest absolute Gasteiger partial charge is 0.467 e. The molecule has 0 fully saturated rings. The third-order valence-corrected chi connectivity index (χ3v) is 4.84. The van der Waals surface area contributed by atoms with Crippen molar-refractivity contribution in [2.75, 3.05) is 13.9 Å². The van der Waals surface area contributed by atoms with Crippen LogP contribution in [0.15, 0.2) is 30.3 Å². The number of alkyl halides is 3. The van der Waals surface area contributed by atoms with Gasteiger partial charge in [0.15, 0.2) is 6.79 Å². The SMILES string of the molecule is COCOc1c(C)cc(C)cc1Pc1ccc(C)cc1C(F)(F)F. The van der Waals surface area contributed by atoms with Gasteiger partial charge in [-0.05, 0) is 49.3 Å². The van der Waals surface area contributed by atoms with Crippen molar-refractivity contribution in [2.24, 2.45) is 0 Å². The van der Waals surface area contributed by atoms with Gasteiger partial charge in [-0.15, -0.1) is 0 Å². The molecule has 0 bridgehead atoms. The molecule has 130 valence electrons. The lowest BCUT2D eigenvalue weighted by Gasteiger charge is -2.18. The Bertz CT molecular complexity index is 727. The van der Waals surface area contributed by atoms with E-state index in [1.54, 1.807) is 19.1 Å². The van der Waals surface area contributed by atoms with E-state index in [4.69, 9.17) is 9.47 Å². The van der Waals surface area contributed by atoms with E-state index in [0.717, 1.165) is 16.4 Å². The highest BCUT2D eigenvalue weighted by atomic mass is 31.1.